The van der Waals surface area contributed by atoms with Crippen molar-refractivity contribution >= 4 is 0 Å². The summed E-state index contributed by atoms with van der Waals surface area (Å²) in [5, 5.41) is 9.14. The maximum atomic E-state index is 9.14. The average molecular weight is 157 g/mol. The lowest BCUT2D eigenvalue weighted by atomic mass is 9.83. The van der Waals surface area contributed by atoms with Gasteiger partial charge in [-0.05, 0) is 44.9 Å². The highest BCUT2D eigenvalue weighted by atomic mass is 16.3. The number of hydrogen-bond acceptors (Lipinski definition) is 2. The molecule has 0 spiro atoms. The summed E-state index contributed by atoms with van der Waals surface area (Å²) in [4.78, 5) is 0. The maximum Gasteiger partial charge on any atom is 0.0514 e. The normalized spacial score (nSPS) is 35.2. The Kier molecular flexibility index (Phi) is 3.34. The summed E-state index contributed by atoms with van der Waals surface area (Å²) >= 11 is 0. The van der Waals surface area contributed by atoms with Gasteiger partial charge in [0.05, 0.1) is 6.10 Å². The Morgan fingerprint density at radius 1 is 1.36 bits per heavy atom. The minimum atomic E-state index is -0.130. The first-order valence-corrected chi connectivity index (χ1v) is 4.62. The molecule has 1 rings (SSSR count). The van der Waals surface area contributed by atoms with Crippen LogP contribution in [-0.2, 0) is 0 Å². The third-order valence-corrected chi connectivity index (χ3v) is 2.57. The molecule has 0 aromatic carbocycles. The van der Waals surface area contributed by atoms with Gasteiger partial charge in [0.1, 0.15) is 0 Å². The van der Waals surface area contributed by atoms with Gasteiger partial charge in [0, 0.05) is 6.04 Å². The lowest BCUT2D eigenvalue weighted by Crippen LogP contribution is -2.27. The molecule has 2 heteroatoms. The van der Waals surface area contributed by atoms with E-state index in [1.54, 1.807) is 0 Å². The Labute approximate surface area is 68.8 Å². The summed E-state index contributed by atoms with van der Waals surface area (Å²) in [6.07, 6.45) is 5.56. The van der Waals surface area contributed by atoms with Crippen LogP contribution < -0.4 is 5.73 Å². The molecule has 0 radical (unpaired) electrons. The molecule has 3 N–H and O–H groups in total. The van der Waals surface area contributed by atoms with Crippen LogP contribution >= 0.6 is 0 Å². The molecule has 1 aliphatic rings. The van der Waals surface area contributed by atoms with E-state index in [0.29, 0.717) is 6.04 Å². The van der Waals surface area contributed by atoms with Gasteiger partial charge in [0.25, 0.3) is 0 Å². The van der Waals surface area contributed by atoms with Crippen LogP contribution in [0.2, 0.25) is 0 Å². The molecule has 0 amide bonds. The Morgan fingerprint density at radius 3 is 2.36 bits per heavy atom. The number of hydrogen-bond donors (Lipinski definition) is 2. The summed E-state index contributed by atoms with van der Waals surface area (Å²) < 4.78 is 0. The second kappa shape index (κ2) is 4.07. The van der Waals surface area contributed by atoms with Gasteiger partial charge >= 0.3 is 0 Å². The summed E-state index contributed by atoms with van der Waals surface area (Å²) in [6, 6.07) is 0.431. The first-order valence-electron chi connectivity index (χ1n) is 4.62. The van der Waals surface area contributed by atoms with Crippen molar-refractivity contribution in [1.82, 2.24) is 0 Å². The Bertz CT molecular complexity index is 106. The molecule has 0 bridgehead atoms. The molecule has 0 aromatic heterocycles. The maximum absolute atomic E-state index is 9.14. The van der Waals surface area contributed by atoms with Gasteiger partial charge in [-0.3, -0.25) is 0 Å². The van der Waals surface area contributed by atoms with Crippen molar-refractivity contribution in [2.45, 2.75) is 51.2 Å². The van der Waals surface area contributed by atoms with Crippen LogP contribution in [0.5, 0.6) is 0 Å². The zero-order valence-corrected chi connectivity index (χ0v) is 7.29. The third-order valence-electron chi connectivity index (χ3n) is 2.57. The van der Waals surface area contributed by atoms with E-state index in [9.17, 15) is 0 Å². The molecule has 11 heavy (non-hydrogen) atoms. The number of nitrogens with two attached hydrogens (primary N) is 1. The first-order chi connectivity index (χ1) is 5.18. The molecule has 0 heterocycles. The molecular weight excluding hydrogens is 138 g/mol. The SMILES string of the molecule is C[C@H](O)CC1CCC(N)CC1. The van der Waals surface area contributed by atoms with Gasteiger partial charge in [-0.1, -0.05) is 0 Å². The van der Waals surface area contributed by atoms with Crippen molar-refractivity contribution in [3.05, 3.63) is 0 Å². The van der Waals surface area contributed by atoms with Crippen LogP contribution in [-0.4, -0.2) is 17.3 Å². The van der Waals surface area contributed by atoms with Crippen molar-refractivity contribution in [2.75, 3.05) is 0 Å². The highest BCUT2D eigenvalue weighted by Gasteiger charge is 2.19. The summed E-state index contributed by atoms with van der Waals surface area (Å²) in [5.41, 5.74) is 5.77. The first kappa shape index (κ1) is 9.01. The minimum Gasteiger partial charge on any atom is -0.393 e. The standard InChI is InChI=1S/C9H19NO/c1-7(11)6-8-2-4-9(10)5-3-8/h7-9,11H,2-6,10H2,1H3/t7-,8?,9?/m0/s1. The summed E-state index contributed by atoms with van der Waals surface area (Å²) in [6.45, 7) is 1.87. The van der Waals surface area contributed by atoms with E-state index >= 15 is 0 Å². The van der Waals surface area contributed by atoms with Crippen molar-refractivity contribution in [2.24, 2.45) is 11.7 Å². The molecule has 0 unspecified atom stereocenters. The molecule has 2 nitrogen and oxygen atoms in total. The van der Waals surface area contributed by atoms with Crippen molar-refractivity contribution in [3.8, 4) is 0 Å². The topological polar surface area (TPSA) is 46.2 Å². The molecule has 66 valence electrons. The van der Waals surface area contributed by atoms with E-state index in [2.05, 4.69) is 0 Å². The van der Waals surface area contributed by atoms with Crippen molar-refractivity contribution < 1.29 is 5.11 Å². The van der Waals surface area contributed by atoms with Gasteiger partial charge in [0.2, 0.25) is 0 Å². The molecule has 1 saturated carbocycles. The smallest absolute Gasteiger partial charge is 0.0514 e. The van der Waals surface area contributed by atoms with Crippen LogP contribution in [0.3, 0.4) is 0 Å². The van der Waals surface area contributed by atoms with Crippen molar-refractivity contribution in [3.63, 3.8) is 0 Å². The molecule has 1 aliphatic carbocycles. The van der Waals surface area contributed by atoms with Gasteiger partial charge in [-0.25, -0.2) is 0 Å². The lowest BCUT2D eigenvalue weighted by Gasteiger charge is -2.26. The zero-order chi connectivity index (χ0) is 8.27. The second-order valence-electron chi connectivity index (χ2n) is 3.87. The quantitative estimate of drug-likeness (QED) is 0.634. The molecule has 0 aromatic rings. The number of rotatable bonds is 2. The van der Waals surface area contributed by atoms with Crippen LogP contribution in [0.1, 0.15) is 39.0 Å². The Morgan fingerprint density at radius 2 is 1.91 bits per heavy atom. The predicted molar refractivity (Wildman–Crippen MR) is 46.2 cm³/mol. The zero-order valence-electron chi connectivity index (χ0n) is 7.29. The van der Waals surface area contributed by atoms with Crippen LogP contribution in [0.4, 0.5) is 0 Å². The van der Waals surface area contributed by atoms with Crippen molar-refractivity contribution in [1.29, 1.82) is 0 Å². The number of aliphatic hydroxyl groups is 1. The van der Waals surface area contributed by atoms with E-state index < -0.39 is 0 Å². The van der Waals surface area contributed by atoms with Gasteiger partial charge < -0.3 is 10.8 Å². The average Bonchev–Trinajstić information content (AvgIpc) is 1.93. The van der Waals surface area contributed by atoms with E-state index in [-0.39, 0.29) is 6.10 Å². The largest absolute Gasteiger partial charge is 0.393 e. The van der Waals surface area contributed by atoms with E-state index in [1.165, 1.54) is 12.8 Å². The molecule has 0 saturated heterocycles. The van der Waals surface area contributed by atoms with Crippen LogP contribution in [0.15, 0.2) is 0 Å². The fourth-order valence-electron chi connectivity index (χ4n) is 1.91. The lowest BCUT2D eigenvalue weighted by molar-refractivity contribution is 0.144. The molecule has 1 atom stereocenters. The highest BCUT2D eigenvalue weighted by Crippen LogP contribution is 2.26. The Hall–Kier alpha value is -0.0800. The van der Waals surface area contributed by atoms with Crippen LogP contribution in [0, 0.1) is 5.92 Å². The van der Waals surface area contributed by atoms with E-state index in [1.807, 2.05) is 6.92 Å². The van der Waals surface area contributed by atoms with E-state index in [0.717, 1.165) is 25.2 Å². The fourth-order valence-corrected chi connectivity index (χ4v) is 1.91. The molecule has 0 aliphatic heterocycles. The van der Waals surface area contributed by atoms with Crippen LogP contribution in [0.25, 0.3) is 0 Å². The summed E-state index contributed by atoms with van der Waals surface area (Å²) in [5.74, 6) is 0.731. The highest BCUT2D eigenvalue weighted by molar-refractivity contribution is 4.75. The third kappa shape index (κ3) is 3.21. The van der Waals surface area contributed by atoms with Gasteiger partial charge in [0.15, 0.2) is 0 Å². The Balaban J connectivity index is 2.17. The van der Waals surface area contributed by atoms with Gasteiger partial charge in [-0.2, -0.15) is 0 Å². The second-order valence-corrected chi connectivity index (χ2v) is 3.87. The molecular formula is C9H19NO. The minimum absolute atomic E-state index is 0.130. The monoisotopic (exact) mass is 157 g/mol. The summed E-state index contributed by atoms with van der Waals surface area (Å²) in [7, 11) is 0. The van der Waals surface area contributed by atoms with E-state index in [4.69, 9.17) is 10.8 Å². The molecule has 1 fully saturated rings. The fraction of sp³-hybridized carbons (Fsp3) is 1.00. The van der Waals surface area contributed by atoms with Gasteiger partial charge in [-0.15, -0.1) is 0 Å². The number of aliphatic hydroxyl groups excluding tert-OH is 1. The predicted octanol–water partition coefficient (Wildman–Crippen LogP) is 1.27.